The first-order valence-electron chi connectivity index (χ1n) is 7.52. The summed E-state index contributed by atoms with van der Waals surface area (Å²) in [6.07, 6.45) is 19.7. The summed E-state index contributed by atoms with van der Waals surface area (Å²) in [4.78, 5) is 10.7. The van der Waals surface area contributed by atoms with Crippen molar-refractivity contribution in [1.82, 2.24) is 0 Å². The van der Waals surface area contributed by atoms with E-state index in [1.807, 2.05) is 6.08 Å². The molecule has 0 rings (SSSR count). The highest BCUT2D eigenvalue weighted by atomic mass is 16.1. The van der Waals surface area contributed by atoms with Crippen LogP contribution >= 0.6 is 0 Å². The fourth-order valence-corrected chi connectivity index (χ4v) is 1.96. The maximum Gasteiger partial charge on any atom is 0.129 e. The maximum atomic E-state index is 10.7. The summed E-state index contributed by atoms with van der Waals surface area (Å²) in [5, 5.41) is 0. The van der Waals surface area contributed by atoms with Crippen LogP contribution in [0, 0.1) is 0 Å². The van der Waals surface area contributed by atoms with Gasteiger partial charge in [-0.2, -0.15) is 0 Å². The van der Waals surface area contributed by atoms with Gasteiger partial charge in [0, 0.05) is 6.42 Å². The number of hydrogen-bond donors (Lipinski definition) is 0. The monoisotopic (exact) mass is 250 g/mol. The van der Waals surface area contributed by atoms with Crippen LogP contribution in [0.2, 0.25) is 0 Å². The van der Waals surface area contributed by atoms with Gasteiger partial charge in [-0.1, -0.05) is 43.9 Å². The number of hydrogen-bond acceptors (Lipinski definition) is 1. The number of ketones is 1. The SMILES string of the molecule is C=CCCC/C=C\CCCCCCCCC(C)=O. The van der Waals surface area contributed by atoms with Gasteiger partial charge in [-0.05, 0) is 45.4 Å². The van der Waals surface area contributed by atoms with Crippen LogP contribution in [-0.2, 0) is 4.79 Å². The number of Topliss-reactive ketones (excluding diaryl/α,β-unsaturated/α-hetero) is 1. The molecule has 0 aromatic heterocycles. The van der Waals surface area contributed by atoms with Crippen LogP contribution in [0.1, 0.15) is 77.6 Å². The summed E-state index contributed by atoms with van der Waals surface area (Å²) in [6, 6.07) is 0. The average molecular weight is 250 g/mol. The lowest BCUT2D eigenvalue weighted by molar-refractivity contribution is -0.117. The van der Waals surface area contributed by atoms with Crippen molar-refractivity contribution in [3.63, 3.8) is 0 Å². The van der Waals surface area contributed by atoms with Crippen LogP contribution in [0.25, 0.3) is 0 Å². The second-order valence-electron chi connectivity index (χ2n) is 5.05. The minimum atomic E-state index is 0.330. The average Bonchev–Trinajstić information content (AvgIpc) is 2.34. The molecular formula is C17H30O. The lowest BCUT2D eigenvalue weighted by Gasteiger charge is -1.99. The molecule has 104 valence electrons. The van der Waals surface area contributed by atoms with Gasteiger partial charge in [-0.15, -0.1) is 6.58 Å². The summed E-state index contributed by atoms with van der Waals surface area (Å²) in [7, 11) is 0. The molecule has 0 saturated heterocycles. The topological polar surface area (TPSA) is 17.1 Å². The van der Waals surface area contributed by atoms with Crippen LogP contribution in [0.5, 0.6) is 0 Å². The van der Waals surface area contributed by atoms with Gasteiger partial charge in [0.2, 0.25) is 0 Å². The Hall–Kier alpha value is -0.850. The highest BCUT2D eigenvalue weighted by molar-refractivity contribution is 5.75. The Morgan fingerprint density at radius 2 is 1.39 bits per heavy atom. The normalized spacial score (nSPS) is 10.9. The molecule has 0 spiro atoms. The molecule has 0 amide bonds. The van der Waals surface area contributed by atoms with Gasteiger partial charge in [0.1, 0.15) is 5.78 Å². The number of allylic oxidation sites excluding steroid dienone is 3. The quantitative estimate of drug-likeness (QED) is 0.307. The molecule has 0 bridgehead atoms. The van der Waals surface area contributed by atoms with Gasteiger partial charge in [0.05, 0.1) is 0 Å². The Morgan fingerprint density at radius 3 is 2.00 bits per heavy atom. The van der Waals surface area contributed by atoms with E-state index in [9.17, 15) is 4.79 Å². The fraction of sp³-hybridized carbons (Fsp3) is 0.706. The zero-order valence-electron chi connectivity index (χ0n) is 12.1. The van der Waals surface area contributed by atoms with E-state index in [2.05, 4.69) is 18.7 Å². The second kappa shape index (κ2) is 14.2. The van der Waals surface area contributed by atoms with Crippen LogP contribution < -0.4 is 0 Å². The lowest BCUT2D eigenvalue weighted by atomic mass is 10.1. The van der Waals surface area contributed by atoms with E-state index in [-0.39, 0.29) is 0 Å². The molecule has 1 nitrogen and oxygen atoms in total. The molecule has 0 heterocycles. The molecule has 0 aromatic rings. The molecule has 0 aliphatic heterocycles. The van der Waals surface area contributed by atoms with Crippen molar-refractivity contribution in [1.29, 1.82) is 0 Å². The maximum absolute atomic E-state index is 10.7. The Balaban J connectivity index is 3.06. The third-order valence-electron chi connectivity index (χ3n) is 3.10. The van der Waals surface area contributed by atoms with Crippen molar-refractivity contribution >= 4 is 5.78 Å². The minimum absolute atomic E-state index is 0.330. The van der Waals surface area contributed by atoms with E-state index >= 15 is 0 Å². The van der Waals surface area contributed by atoms with E-state index in [0.717, 1.165) is 19.3 Å². The van der Waals surface area contributed by atoms with Crippen molar-refractivity contribution in [3.05, 3.63) is 24.8 Å². The molecule has 0 aliphatic rings. The van der Waals surface area contributed by atoms with Crippen molar-refractivity contribution in [2.75, 3.05) is 0 Å². The van der Waals surface area contributed by atoms with Crippen molar-refractivity contribution in [2.45, 2.75) is 77.6 Å². The minimum Gasteiger partial charge on any atom is -0.300 e. The summed E-state index contributed by atoms with van der Waals surface area (Å²) < 4.78 is 0. The molecule has 0 atom stereocenters. The molecule has 1 heteroatoms. The van der Waals surface area contributed by atoms with Crippen LogP contribution in [-0.4, -0.2) is 5.78 Å². The van der Waals surface area contributed by atoms with E-state index in [1.165, 1.54) is 51.4 Å². The Kier molecular flexibility index (Phi) is 13.5. The van der Waals surface area contributed by atoms with Crippen LogP contribution in [0.15, 0.2) is 24.8 Å². The number of carbonyl (C=O) groups is 1. The molecule has 18 heavy (non-hydrogen) atoms. The molecule has 0 radical (unpaired) electrons. The summed E-state index contributed by atoms with van der Waals surface area (Å²) in [5.74, 6) is 0.330. The Labute approximate surface area is 113 Å². The first-order valence-corrected chi connectivity index (χ1v) is 7.52. The van der Waals surface area contributed by atoms with E-state index in [1.54, 1.807) is 6.92 Å². The van der Waals surface area contributed by atoms with Crippen LogP contribution in [0.3, 0.4) is 0 Å². The molecule has 0 saturated carbocycles. The third-order valence-corrected chi connectivity index (χ3v) is 3.10. The number of rotatable bonds is 13. The van der Waals surface area contributed by atoms with Crippen molar-refractivity contribution < 1.29 is 4.79 Å². The van der Waals surface area contributed by atoms with E-state index in [0.29, 0.717) is 5.78 Å². The fourth-order valence-electron chi connectivity index (χ4n) is 1.96. The molecule has 0 unspecified atom stereocenters. The van der Waals surface area contributed by atoms with Crippen molar-refractivity contribution in [3.8, 4) is 0 Å². The number of unbranched alkanes of at least 4 members (excludes halogenated alkanes) is 8. The predicted octanol–water partition coefficient (Wildman–Crippen LogP) is 5.61. The van der Waals surface area contributed by atoms with Gasteiger partial charge in [-0.3, -0.25) is 0 Å². The molecular weight excluding hydrogens is 220 g/mol. The smallest absolute Gasteiger partial charge is 0.129 e. The van der Waals surface area contributed by atoms with Gasteiger partial charge in [0.25, 0.3) is 0 Å². The third kappa shape index (κ3) is 15.1. The van der Waals surface area contributed by atoms with Gasteiger partial charge in [0.15, 0.2) is 0 Å². The van der Waals surface area contributed by atoms with Gasteiger partial charge < -0.3 is 4.79 Å². The number of carbonyl (C=O) groups excluding carboxylic acids is 1. The zero-order chi connectivity index (χ0) is 13.5. The van der Waals surface area contributed by atoms with Crippen molar-refractivity contribution in [2.24, 2.45) is 0 Å². The molecule has 0 N–H and O–H groups in total. The molecule has 0 fully saturated rings. The molecule has 0 aromatic carbocycles. The largest absolute Gasteiger partial charge is 0.300 e. The summed E-state index contributed by atoms with van der Waals surface area (Å²) in [5.41, 5.74) is 0. The van der Waals surface area contributed by atoms with Gasteiger partial charge >= 0.3 is 0 Å². The highest BCUT2D eigenvalue weighted by Crippen LogP contribution is 2.09. The van der Waals surface area contributed by atoms with E-state index < -0.39 is 0 Å². The summed E-state index contributed by atoms with van der Waals surface area (Å²) >= 11 is 0. The Bertz CT molecular complexity index is 228. The highest BCUT2D eigenvalue weighted by Gasteiger charge is 1.94. The first kappa shape index (κ1) is 17.2. The summed E-state index contributed by atoms with van der Waals surface area (Å²) in [6.45, 7) is 5.40. The second-order valence-corrected chi connectivity index (χ2v) is 5.05. The van der Waals surface area contributed by atoms with Crippen LogP contribution in [0.4, 0.5) is 0 Å². The zero-order valence-corrected chi connectivity index (χ0v) is 12.1. The van der Waals surface area contributed by atoms with Gasteiger partial charge in [-0.25, -0.2) is 0 Å². The lowest BCUT2D eigenvalue weighted by Crippen LogP contribution is -1.89. The van der Waals surface area contributed by atoms with E-state index in [4.69, 9.17) is 0 Å². The first-order chi connectivity index (χ1) is 8.77. The Morgan fingerprint density at radius 1 is 0.833 bits per heavy atom. The standard InChI is InChI=1S/C17H30O/c1-3-4-5-6-7-8-9-10-11-12-13-14-15-16-17(2)18/h3,7-8H,1,4-6,9-16H2,2H3/b8-7-. The predicted molar refractivity (Wildman–Crippen MR) is 80.8 cm³/mol. The molecule has 0 aliphatic carbocycles.